The van der Waals surface area contributed by atoms with Crippen molar-refractivity contribution in [2.75, 3.05) is 19.9 Å². The van der Waals surface area contributed by atoms with Gasteiger partial charge in [0.15, 0.2) is 11.5 Å². The first kappa shape index (κ1) is 23.3. The Balaban J connectivity index is 0.000000696. The summed E-state index contributed by atoms with van der Waals surface area (Å²) in [5, 5.41) is 3.34. The summed E-state index contributed by atoms with van der Waals surface area (Å²) in [7, 11) is -2.07. The third-order valence-corrected chi connectivity index (χ3v) is 3.22. The van der Waals surface area contributed by atoms with Crippen LogP contribution in [0, 0.1) is 0 Å². The third kappa shape index (κ3) is 9.31. The maximum absolute atomic E-state index is 11.0. The predicted molar refractivity (Wildman–Crippen MR) is 105 cm³/mol. The van der Waals surface area contributed by atoms with Crippen molar-refractivity contribution < 1.29 is 27.2 Å². The number of pyridine rings is 1. The van der Waals surface area contributed by atoms with Gasteiger partial charge in [-0.15, -0.1) is 0 Å². The normalized spacial score (nSPS) is 10.6. The van der Waals surface area contributed by atoms with Crippen LogP contribution in [-0.4, -0.2) is 43.8 Å². The van der Waals surface area contributed by atoms with E-state index in [0.29, 0.717) is 29.2 Å². The molecule has 0 bridgehead atoms. The van der Waals surface area contributed by atoms with Crippen LogP contribution < -0.4 is 20.5 Å². The van der Waals surface area contributed by atoms with Gasteiger partial charge in [-0.1, -0.05) is 13.0 Å². The Labute approximate surface area is 164 Å². The SMILES string of the molecule is CCCNCc1ccc(Oc2ccc(C(N)=O)cn2)c(OC)c1.CS(=O)(=O)O. The lowest BCUT2D eigenvalue weighted by Crippen LogP contribution is -2.13. The number of hydrogen-bond acceptors (Lipinski definition) is 7. The van der Waals surface area contributed by atoms with Gasteiger partial charge < -0.3 is 20.5 Å². The summed E-state index contributed by atoms with van der Waals surface area (Å²) in [5.41, 5.74) is 6.63. The van der Waals surface area contributed by atoms with Crippen molar-refractivity contribution in [3.63, 3.8) is 0 Å². The van der Waals surface area contributed by atoms with Gasteiger partial charge in [0, 0.05) is 18.8 Å². The van der Waals surface area contributed by atoms with E-state index in [0.717, 1.165) is 25.1 Å². The van der Waals surface area contributed by atoms with E-state index in [1.54, 1.807) is 19.2 Å². The second kappa shape index (κ2) is 11.2. The van der Waals surface area contributed by atoms with Crippen molar-refractivity contribution in [1.29, 1.82) is 0 Å². The molecule has 2 aromatic rings. The molecule has 2 rings (SSSR count). The first-order chi connectivity index (χ1) is 13.1. The van der Waals surface area contributed by atoms with Gasteiger partial charge in [-0.25, -0.2) is 4.98 Å². The predicted octanol–water partition coefficient (Wildman–Crippen LogP) is 1.99. The standard InChI is InChI=1S/C17H21N3O3.CH4O3S/c1-3-8-19-10-12-4-6-14(15(9-12)22-2)23-16-7-5-13(11-20-16)17(18)21;1-5(2,3)4/h4-7,9,11,19H,3,8,10H2,1-2H3,(H2,18,21);1H3,(H,2,3,4). The Kier molecular flexibility index (Phi) is 9.36. The molecular weight excluding hydrogens is 386 g/mol. The zero-order chi connectivity index (χ0) is 21.2. The Bertz CT molecular complexity index is 861. The smallest absolute Gasteiger partial charge is 0.261 e. The number of carbonyl (C=O) groups excluding carboxylic acids is 1. The summed E-state index contributed by atoms with van der Waals surface area (Å²) in [6, 6.07) is 8.90. The highest BCUT2D eigenvalue weighted by Crippen LogP contribution is 2.31. The van der Waals surface area contributed by atoms with Gasteiger partial charge in [-0.2, -0.15) is 8.42 Å². The monoisotopic (exact) mass is 411 g/mol. The summed E-state index contributed by atoms with van der Waals surface area (Å²) in [6.45, 7) is 3.87. The fraction of sp³-hybridized carbons (Fsp3) is 0.333. The molecule has 154 valence electrons. The maximum Gasteiger partial charge on any atom is 0.261 e. The van der Waals surface area contributed by atoms with E-state index in [9.17, 15) is 13.2 Å². The number of nitrogens with zero attached hydrogens (tertiary/aromatic N) is 1. The van der Waals surface area contributed by atoms with Crippen LogP contribution in [0.3, 0.4) is 0 Å². The largest absolute Gasteiger partial charge is 0.493 e. The number of rotatable bonds is 8. The van der Waals surface area contributed by atoms with E-state index in [2.05, 4.69) is 17.2 Å². The Hall–Kier alpha value is -2.69. The molecule has 1 aromatic carbocycles. The number of primary amides is 1. The number of ether oxygens (including phenoxy) is 2. The summed E-state index contributed by atoms with van der Waals surface area (Å²) in [4.78, 5) is 15.1. The number of carbonyl (C=O) groups is 1. The van der Waals surface area contributed by atoms with Crippen LogP contribution in [-0.2, 0) is 16.7 Å². The number of aromatic nitrogens is 1. The molecule has 0 saturated heterocycles. The molecule has 28 heavy (non-hydrogen) atoms. The second-order valence-electron chi connectivity index (χ2n) is 5.75. The lowest BCUT2D eigenvalue weighted by molar-refractivity contribution is 0.1000. The van der Waals surface area contributed by atoms with Gasteiger partial charge in [0.05, 0.1) is 18.9 Å². The molecule has 1 amide bonds. The molecule has 0 fully saturated rings. The van der Waals surface area contributed by atoms with E-state index in [4.69, 9.17) is 19.8 Å². The lowest BCUT2D eigenvalue weighted by Gasteiger charge is -2.12. The van der Waals surface area contributed by atoms with E-state index in [1.807, 2.05) is 18.2 Å². The van der Waals surface area contributed by atoms with Crippen molar-refractivity contribution >= 4 is 16.0 Å². The summed E-state index contributed by atoms with van der Waals surface area (Å²) in [6.07, 6.45) is 3.19. The molecule has 0 aliphatic carbocycles. The van der Waals surface area contributed by atoms with E-state index in [-0.39, 0.29) is 0 Å². The quantitative estimate of drug-likeness (QED) is 0.442. The van der Waals surface area contributed by atoms with Crippen LogP contribution in [0.2, 0.25) is 0 Å². The molecule has 9 nitrogen and oxygen atoms in total. The first-order valence-corrected chi connectivity index (χ1v) is 10.2. The van der Waals surface area contributed by atoms with Gasteiger partial charge >= 0.3 is 0 Å². The third-order valence-electron chi connectivity index (χ3n) is 3.22. The number of nitrogens with two attached hydrogens (primary N) is 1. The molecular formula is C18H25N3O6S. The van der Waals surface area contributed by atoms with E-state index >= 15 is 0 Å². The van der Waals surface area contributed by atoms with E-state index in [1.165, 1.54) is 6.20 Å². The van der Waals surface area contributed by atoms with Gasteiger partial charge in [-0.3, -0.25) is 9.35 Å². The van der Waals surface area contributed by atoms with Gasteiger partial charge in [0.25, 0.3) is 10.1 Å². The minimum atomic E-state index is -3.67. The van der Waals surface area contributed by atoms with Gasteiger partial charge in [0.2, 0.25) is 11.8 Å². The average molecular weight is 411 g/mol. The van der Waals surface area contributed by atoms with Crippen LogP contribution in [0.5, 0.6) is 17.4 Å². The zero-order valence-corrected chi connectivity index (χ0v) is 16.8. The maximum atomic E-state index is 11.0. The van der Waals surface area contributed by atoms with Crippen molar-refractivity contribution in [2.24, 2.45) is 5.73 Å². The summed E-state index contributed by atoms with van der Waals surface area (Å²) < 4.78 is 36.9. The molecule has 1 heterocycles. The zero-order valence-electron chi connectivity index (χ0n) is 16.0. The number of benzene rings is 1. The molecule has 4 N–H and O–H groups in total. The van der Waals surface area contributed by atoms with Crippen LogP contribution in [0.4, 0.5) is 0 Å². The fourth-order valence-electron chi connectivity index (χ4n) is 2.01. The summed E-state index contributed by atoms with van der Waals surface area (Å²) >= 11 is 0. The molecule has 0 radical (unpaired) electrons. The first-order valence-electron chi connectivity index (χ1n) is 8.37. The van der Waals surface area contributed by atoms with Crippen LogP contribution in [0.1, 0.15) is 29.3 Å². The van der Waals surface area contributed by atoms with Crippen LogP contribution >= 0.6 is 0 Å². The van der Waals surface area contributed by atoms with Crippen molar-refractivity contribution in [1.82, 2.24) is 10.3 Å². The molecule has 10 heteroatoms. The number of methoxy groups -OCH3 is 1. The molecule has 1 aromatic heterocycles. The van der Waals surface area contributed by atoms with Gasteiger partial charge in [0.1, 0.15) is 0 Å². The topological polar surface area (TPSA) is 141 Å². The highest BCUT2D eigenvalue weighted by molar-refractivity contribution is 7.85. The number of amides is 1. The lowest BCUT2D eigenvalue weighted by atomic mass is 10.2. The minimum Gasteiger partial charge on any atom is -0.493 e. The van der Waals surface area contributed by atoms with Gasteiger partial charge in [-0.05, 0) is 36.7 Å². The Morgan fingerprint density at radius 2 is 1.93 bits per heavy atom. The average Bonchev–Trinajstić information content (AvgIpc) is 2.62. The molecule has 0 unspecified atom stereocenters. The molecule has 0 saturated carbocycles. The van der Waals surface area contributed by atoms with E-state index < -0.39 is 16.0 Å². The molecule has 0 atom stereocenters. The van der Waals surface area contributed by atoms with Crippen molar-refractivity contribution in [3.05, 3.63) is 47.7 Å². The fourth-order valence-corrected chi connectivity index (χ4v) is 2.01. The highest BCUT2D eigenvalue weighted by Gasteiger charge is 2.09. The van der Waals surface area contributed by atoms with Crippen molar-refractivity contribution in [2.45, 2.75) is 19.9 Å². The van der Waals surface area contributed by atoms with Crippen LogP contribution in [0.25, 0.3) is 0 Å². The molecule has 0 spiro atoms. The number of hydrogen-bond donors (Lipinski definition) is 3. The summed E-state index contributed by atoms with van der Waals surface area (Å²) in [5.74, 6) is 1.03. The molecule has 0 aliphatic rings. The number of nitrogens with one attached hydrogen (secondary N) is 1. The van der Waals surface area contributed by atoms with Crippen LogP contribution in [0.15, 0.2) is 36.5 Å². The Morgan fingerprint density at radius 3 is 2.43 bits per heavy atom. The Morgan fingerprint density at radius 1 is 1.25 bits per heavy atom. The minimum absolute atomic E-state index is 0.335. The van der Waals surface area contributed by atoms with Crippen molar-refractivity contribution in [3.8, 4) is 17.4 Å². The molecule has 0 aliphatic heterocycles. The highest BCUT2D eigenvalue weighted by atomic mass is 32.2. The second-order valence-corrected chi connectivity index (χ2v) is 7.21.